The molecule has 0 atom stereocenters. The summed E-state index contributed by atoms with van der Waals surface area (Å²) >= 11 is 0. The van der Waals surface area contributed by atoms with Crippen molar-refractivity contribution in [2.24, 2.45) is 11.5 Å². The molecule has 84 valence electrons. The molecule has 1 aliphatic rings. The van der Waals surface area contributed by atoms with E-state index in [-0.39, 0.29) is 17.2 Å². The summed E-state index contributed by atoms with van der Waals surface area (Å²) in [5, 5.41) is 0. The fraction of sp³-hybridized carbons (Fsp3) is 0.273. The van der Waals surface area contributed by atoms with Gasteiger partial charge in [0.15, 0.2) is 0 Å². The molecule has 0 aliphatic heterocycles. The van der Waals surface area contributed by atoms with E-state index in [1.54, 1.807) is 6.07 Å². The molecule has 0 aromatic heterocycles. The summed E-state index contributed by atoms with van der Waals surface area (Å²) in [6.07, 6.45) is 2.13. The Morgan fingerprint density at radius 1 is 1.19 bits per heavy atom. The van der Waals surface area contributed by atoms with E-state index < -0.39 is 11.8 Å². The zero-order valence-corrected chi connectivity index (χ0v) is 8.60. The van der Waals surface area contributed by atoms with Gasteiger partial charge in [0, 0.05) is 5.56 Å². The van der Waals surface area contributed by atoms with Gasteiger partial charge in [-0.2, -0.15) is 0 Å². The van der Waals surface area contributed by atoms with Gasteiger partial charge in [-0.25, -0.2) is 0 Å². The lowest BCUT2D eigenvalue weighted by Gasteiger charge is -2.09. The Morgan fingerprint density at radius 2 is 1.88 bits per heavy atom. The van der Waals surface area contributed by atoms with Crippen molar-refractivity contribution in [2.45, 2.75) is 18.9 Å². The molecule has 0 bridgehead atoms. The predicted octanol–water partition coefficient (Wildman–Crippen LogP) is 0.426. The third kappa shape index (κ3) is 2.13. The number of ether oxygens (including phenoxy) is 1. The molecule has 2 amide bonds. The number of carbonyl (C=O) groups is 2. The molecule has 5 nitrogen and oxygen atoms in total. The highest BCUT2D eigenvalue weighted by molar-refractivity contribution is 6.00. The van der Waals surface area contributed by atoms with Gasteiger partial charge in [-0.3, -0.25) is 9.59 Å². The fourth-order valence-corrected chi connectivity index (χ4v) is 1.34. The molecule has 5 heteroatoms. The van der Waals surface area contributed by atoms with Gasteiger partial charge in [0.2, 0.25) is 5.91 Å². The van der Waals surface area contributed by atoms with Crippen molar-refractivity contribution >= 4 is 11.8 Å². The zero-order chi connectivity index (χ0) is 11.7. The van der Waals surface area contributed by atoms with Gasteiger partial charge < -0.3 is 16.2 Å². The van der Waals surface area contributed by atoms with Crippen molar-refractivity contribution in [3.8, 4) is 5.75 Å². The van der Waals surface area contributed by atoms with Crippen LogP contribution >= 0.6 is 0 Å². The molecule has 1 aromatic carbocycles. The normalized spacial score (nSPS) is 14.5. The first-order valence-electron chi connectivity index (χ1n) is 4.98. The summed E-state index contributed by atoms with van der Waals surface area (Å²) in [6.45, 7) is 0. The summed E-state index contributed by atoms with van der Waals surface area (Å²) in [4.78, 5) is 22.1. The molecular formula is C11H12N2O3. The maximum Gasteiger partial charge on any atom is 0.252 e. The number of primary amides is 2. The van der Waals surface area contributed by atoms with Crippen molar-refractivity contribution in [1.82, 2.24) is 0 Å². The standard InChI is InChI=1S/C11H12N2O3/c12-10(14)6-1-4-9(16-7-2-3-7)8(5-6)11(13)15/h1,4-5,7H,2-3H2,(H2,12,14)(H2,13,15). The topological polar surface area (TPSA) is 95.4 Å². The number of carbonyl (C=O) groups excluding carboxylic acids is 2. The van der Waals surface area contributed by atoms with Gasteiger partial charge in [-0.05, 0) is 31.0 Å². The maximum absolute atomic E-state index is 11.2. The summed E-state index contributed by atoms with van der Waals surface area (Å²) < 4.78 is 5.50. The highest BCUT2D eigenvalue weighted by Gasteiger charge is 2.25. The number of nitrogens with two attached hydrogens (primary N) is 2. The maximum atomic E-state index is 11.2. The van der Waals surface area contributed by atoms with Crippen molar-refractivity contribution in [1.29, 1.82) is 0 Å². The average Bonchev–Trinajstić information content (AvgIpc) is 3.01. The molecular weight excluding hydrogens is 208 g/mol. The lowest BCUT2D eigenvalue weighted by atomic mass is 10.1. The van der Waals surface area contributed by atoms with Crippen LogP contribution < -0.4 is 16.2 Å². The molecule has 0 saturated heterocycles. The van der Waals surface area contributed by atoms with Gasteiger partial charge in [-0.1, -0.05) is 0 Å². The summed E-state index contributed by atoms with van der Waals surface area (Å²) in [6, 6.07) is 4.44. The van der Waals surface area contributed by atoms with Gasteiger partial charge >= 0.3 is 0 Å². The van der Waals surface area contributed by atoms with Crippen LogP contribution in [-0.2, 0) is 0 Å². The third-order valence-corrected chi connectivity index (χ3v) is 2.35. The second-order valence-corrected chi connectivity index (χ2v) is 3.76. The van der Waals surface area contributed by atoms with Crippen LogP contribution in [0, 0.1) is 0 Å². The van der Waals surface area contributed by atoms with Crippen LogP contribution in [0.3, 0.4) is 0 Å². The average molecular weight is 220 g/mol. The summed E-state index contributed by atoms with van der Waals surface area (Å²) in [7, 11) is 0. The third-order valence-electron chi connectivity index (χ3n) is 2.35. The first-order valence-corrected chi connectivity index (χ1v) is 4.98. The molecule has 1 fully saturated rings. The summed E-state index contributed by atoms with van der Waals surface area (Å²) in [5.41, 5.74) is 10.8. The Balaban J connectivity index is 2.35. The van der Waals surface area contributed by atoms with Crippen LogP contribution in [0.5, 0.6) is 5.75 Å². The van der Waals surface area contributed by atoms with Crippen LogP contribution in [0.15, 0.2) is 18.2 Å². The van der Waals surface area contributed by atoms with E-state index in [0.717, 1.165) is 12.8 Å². The van der Waals surface area contributed by atoms with E-state index in [0.29, 0.717) is 5.75 Å². The zero-order valence-electron chi connectivity index (χ0n) is 8.60. The number of hydrogen-bond donors (Lipinski definition) is 2. The van der Waals surface area contributed by atoms with Gasteiger partial charge in [0.25, 0.3) is 5.91 Å². The molecule has 0 spiro atoms. The molecule has 1 aromatic rings. The van der Waals surface area contributed by atoms with E-state index in [4.69, 9.17) is 16.2 Å². The molecule has 4 N–H and O–H groups in total. The number of amides is 2. The van der Waals surface area contributed by atoms with Gasteiger partial charge in [0.1, 0.15) is 5.75 Å². The number of rotatable bonds is 4. The van der Waals surface area contributed by atoms with Crippen molar-refractivity contribution < 1.29 is 14.3 Å². The first kappa shape index (κ1) is 10.5. The number of benzene rings is 1. The quantitative estimate of drug-likeness (QED) is 0.769. The van der Waals surface area contributed by atoms with Crippen molar-refractivity contribution in [2.75, 3.05) is 0 Å². The van der Waals surface area contributed by atoms with Crippen molar-refractivity contribution in [3.05, 3.63) is 29.3 Å². The number of hydrogen-bond acceptors (Lipinski definition) is 3. The monoisotopic (exact) mass is 220 g/mol. The van der Waals surface area contributed by atoms with E-state index in [1.165, 1.54) is 12.1 Å². The minimum Gasteiger partial charge on any atom is -0.490 e. The van der Waals surface area contributed by atoms with Crippen LogP contribution in [0.2, 0.25) is 0 Å². The molecule has 0 unspecified atom stereocenters. The Bertz CT molecular complexity index is 453. The first-order chi connectivity index (χ1) is 7.58. The Kier molecular flexibility index (Phi) is 2.52. The molecule has 1 aliphatic carbocycles. The minimum absolute atomic E-state index is 0.164. The van der Waals surface area contributed by atoms with Gasteiger partial charge in [-0.15, -0.1) is 0 Å². The van der Waals surface area contributed by atoms with Crippen LogP contribution in [0.4, 0.5) is 0 Å². The Morgan fingerprint density at radius 3 is 2.38 bits per heavy atom. The summed E-state index contributed by atoms with van der Waals surface area (Å²) in [5.74, 6) is -0.806. The highest BCUT2D eigenvalue weighted by atomic mass is 16.5. The van der Waals surface area contributed by atoms with Crippen LogP contribution in [0.1, 0.15) is 33.6 Å². The highest BCUT2D eigenvalue weighted by Crippen LogP contribution is 2.29. The van der Waals surface area contributed by atoms with E-state index in [1.807, 2.05) is 0 Å². The minimum atomic E-state index is -0.626. The smallest absolute Gasteiger partial charge is 0.252 e. The largest absolute Gasteiger partial charge is 0.490 e. The lowest BCUT2D eigenvalue weighted by Crippen LogP contribution is -2.17. The SMILES string of the molecule is NC(=O)c1ccc(OC2CC2)c(C(N)=O)c1. The Labute approximate surface area is 92.4 Å². The second-order valence-electron chi connectivity index (χ2n) is 3.76. The van der Waals surface area contributed by atoms with E-state index in [9.17, 15) is 9.59 Å². The fourth-order valence-electron chi connectivity index (χ4n) is 1.34. The lowest BCUT2D eigenvalue weighted by molar-refractivity contribution is 0.0996. The van der Waals surface area contributed by atoms with Crippen molar-refractivity contribution in [3.63, 3.8) is 0 Å². The second kappa shape index (κ2) is 3.84. The molecule has 0 radical (unpaired) electrons. The predicted molar refractivity (Wildman–Crippen MR) is 57.1 cm³/mol. The molecule has 1 saturated carbocycles. The van der Waals surface area contributed by atoms with E-state index in [2.05, 4.69) is 0 Å². The van der Waals surface area contributed by atoms with Crippen LogP contribution in [0.25, 0.3) is 0 Å². The molecule has 0 heterocycles. The Hall–Kier alpha value is -2.04. The van der Waals surface area contributed by atoms with Gasteiger partial charge in [0.05, 0.1) is 11.7 Å². The van der Waals surface area contributed by atoms with E-state index >= 15 is 0 Å². The van der Waals surface area contributed by atoms with Crippen LogP contribution in [-0.4, -0.2) is 17.9 Å². The molecule has 16 heavy (non-hydrogen) atoms. The molecule has 2 rings (SSSR count).